The van der Waals surface area contributed by atoms with Gasteiger partial charge in [-0.05, 0) is 78.8 Å². The van der Waals surface area contributed by atoms with Gasteiger partial charge in [-0.3, -0.25) is 28.5 Å². The predicted octanol–water partition coefficient (Wildman–Crippen LogP) is 6.58. The van der Waals surface area contributed by atoms with Crippen molar-refractivity contribution in [3.05, 3.63) is 87.9 Å². The lowest BCUT2D eigenvalue weighted by molar-refractivity contribution is -0.144. The first-order valence-electron chi connectivity index (χ1n) is 26.0. The fraction of sp³-hybridized carbons (Fsp3) is 0.519. The average molecular weight is 1050 g/mol. The Morgan fingerprint density at radius 3 is 2.39 bits per heavy atom. The van der Waals surface area contributed by atoms with Crippen LogP contribution in [0.15, 0.2) is 54.3 Å². The van der Waals surface area contributed by atoms with Crippen molar-refractivity contribution in [3.63, 3.8) is 0 Å². The van der Waals surface area contributed by atoms with Crippen molar-refractivity contribution in [3.8, 4) is 21.6 Å². The summed E-state index contributed by atoms with van der Waals surface area (Å²) in [5.41, 5.74) is 8.44. The smallest absolute Gasteiger partial charge is 0.317 e. The van der Waals surface area contributed by atoms with E-state index in [4.69, 9.17) is 5.10 Å². The molecule has 4 aliphatic rings. The zero-order chi connectivity index (χ0) is 53.3. The summed E-state index contributed by atoms with van der Waals surface area (Å²) in [7, 11) is 3.35. The molecule has 2 saturated heterocycles. The number of carbonyl (C=O) groups excluding carboxylic acids is 5. The van der Waals surface area contributed by atoms with Gasteiger partial charge in [0.25, 0.3) is 6.43 Å². The van der Waals surface area contributed by atoms with Crippen LogP contribution >= 0.6 is 11.3 Å². The summed E-state index contributed by atoms with van der Waals surface area (Å²) in [5, 5.41) is 28.7. The molecule has 0 radical (unpaired) electrons. The molecule has 3 atom stereocenters. The van der Waals surface area contributed by atoms with E-state index in [0.29, 0.717) is 81.0 Å². The average Bonchev–Trinajstić information content (AvgIpc) is 4.23. The number of nitrogens with one attached hydrogen (secondary N) is 3. The number of β-amino-alcohol motifs (C(OH)–C–C–N with tert-alkyl or cyclic N) is 1. The van der Waals surface area contributed by atoms with Crippen LogP contribution in [0.4, 0.5) is 25.1 Å². The fourth-order valence-corrected chi connectivity index (χ4v) is 11.9. The minimum Gasteiger partial charge on any atom is -0.391 e. The molecule has 0 aliphatic carbocycles. The first-order chi connectivity index (χ1) is 35.9. The molecule has 18 nitrogen and oxygen atoms in total. The highest BCUT2D eigenvalue weighted by molar-refractivity contribution is 7.13. The highest BCUT2D eigenvalue weighted by Crippen LogP contribution is 2.44. The zero-order valence-electron chi connectivity index (χ0n) is 43.6. The van der Waals surface area contributed by atoms with Crippen LogP contribution in [0.1, 0.15) is 112 Å². The van der Waals surface area contributed by atoms with E-state index in [9.17, 15) is 37.9 Å². The highest BCUT2D eigenvalue weighted by Gasteiger charge is 2.45. The molecule has 0 unspecified atom stereocenters. The second kappa shape index (κ2) is 22.2. The van der Waals surface area contributed by atoms with Crippen LogP contribution in [0.3, 0.4) is 0 Å². The minimum absolute atomic E-state index is 0.00838. The molecule has 9 rings (SSSR count). The van der Waals surface area contributed by atoms with E-state index in [-0.39, 0.29) is 68.2 Å². The Hall–Kier alpha value is -6.74. The lowest BCUT2D eigenvalue weighted by atomic mass is 9.85. The summed E-state index contributed by atoms with van der Waals surface area (Å²) >= 11 is 1.56. The molecule has 7 heterocycles. The number of aliphatic hydroxyl groups is 1. The second-order valence-corrected chi connectivity index (χ2v) is 22.2. The molecule has 0 bridgehead atoms. The van der Waals surface area contributed by atoms with E-state index in [0.717, 1.165) is 44.9 Å². The number of fused-ring (bicyclic) bond motifs is 2. The number of nitrogens with zero attached hydrogens (tertiary/aromatic N) is 9. The summed E-state index contributed by atoms with van der Waals surface area (Å²) in [6.45, 7) is 9.96. The number of likely N-dealkylation sites (tertiary alicyclic amines) is 2. The van der Waals surface area contributed by atoms with Gasteiger partial charge in [-0.1, -0.05) is 45.0 Å². The molecule has 5 aromatic rings. The second-order valence-electron chi connectivity index (χ2n) is 21.4. The number of anilines is 2. The van der Waals surface area contributed by atoms with Crippen molar-refractivity contribution >= 4 is 52.5 Å². The minimum atomic E-state index is -2.72. The molecule has 4 N–H and O–H groups in total. The molecule has 3 aromatic heterocycles. The molecule has 4 aliphatic heterocycles. The topological polar surface area (TPSA) is 203 Å². The first-order valence-corrected chi connectivity index (χ1v) is 26.9. The Labute approximate surface area is 439 Å². The number of urea groups is 1. The summed E-state index contributed by atoms with van der Waals surface area (Å²) in [6.07, 6.45) is 3.49. The Bertz CT molecular complexity index is 2920. The number of piperidine rings is 1. The van der Waals surface area contributed by atoms with Crippen LogP contribution in [0.25, 0.3) is 21.6 Å². The normalized spacial score (nSPS) is 18.5. The predicted molar refractivity (Wildman–Crippen MR) is 280 cm³/mol. The molecule has 2 aromatic carbocycles. The molecule has 6 amide bonds. The van der Waals surface area contributed by atoms with Gasteiger partial charge in [-0.15, -0.1) is 11.3 Å². The number of alkyl halides is 2. The number of hydrogen-bond acceptors (Lipinski definition) is 11. The van der Waals surface area contributed by atoms with Gasteiger partial charge in [0.1, 0.15) is 12.1 Å². The van der Waals surface area contributed by atoms with Crippen LogP contribution in [-0.2, 0) is 52.2 Å². The number of hydrogen-bond donors (Lipinski definition) is 4. The highest BCUT2D eigenvalue weighted by atomic mass is 32.1. The van der Waals surface area contributed by atoms with Crippen molar-refractivity contribution in [1.82, 2.24) is 55.2 Å². The zero-order valence-corrected chi connectivity index (χ0v) is 44.4. The number of amides is 6. The largest absolute Gasteiger partial charge is 0.391 e. The van der Waals surface area contributed by atoms with Gasteiger partial charge in [0.2, 0.25) is 23.6 Å². The number of benzene rings is 2. The van der Waals surface area contributed by atoms with Crippen LogP contribution < -0.4 is 20.9 Å². The SMILES string of the molecule is CNC(=O)N1CCc2c(c(N3CCCc4cc(-c5cnn(C)c5)c(C(F)F)cc43)nn2C2CCN(C(=O)CCCC(=O)N[C@H](C(=O)N3C[C@H](O)C[C@H]3C(=O)NCc3ccc(-c4scnc4C)cc3)C(C)(C)C)CC2)C1. The van der Waals surface area contributed by atoms with Crippen molar-refractivity contribution in [2.45, 2.75) is 129 Å². The van der Waals surface area contributed by atoms with Crippen LogP contribution in [-0.4, -0.2) is 132 Å². The molecule has 21 heteroatoms. The van der Waals surface area contributed by atoms with Gasteiger partial charge in [-0.2, -0.15) is 10.2 Å². The van der Waals surface area contributed by atoms with Crippen LogP contribution in [0, 0.1) is 12.3 Å². The number of aromatic nitrogens is 5. The molecule has 0 saturated carbocycles. The maximum Gasteiger partial charge on any atom is 0.317 e. The first kappa shape index (κ1) is 53.1. The van der Waals surface area contributed by atoms with Crippen molar-refractivity contribution in [2.75, 3.05) is 44.7 Å². The number of aryl methyl sites for hydroxylation is 3. The summed E-state index contributed by atoms with van der Waals surface area (Å²) in [4.78, 5) is 80.3. The number of halogens is 2. The Morgan fingerprint density at radius 2 is 1.72 bits per heavy atom. The summed E-state index contributed by atoms with van der Waals surface area (Å²) in [5.74, 6) is -0.662. The maximum absolute atomic E-state index is 14.8. The van der Waals surface area contributed by atoms with Gasteiger partial charge < -0.3 is 40.7 Å². The molecule has 75 heavy (non-hydrogen) atoms. The quantitative estimate of drug-likeness (QED) is 0.0942. The van der Waals surface area contributed by atoms with Gasteiger partial charge >= 0.3 is 6.03 Å². The van der Waals surface area contributed by atoms with E-state index in [2.05, 4.69) is 30.7 Å². The van der Waals surface area contributed by atoms with E-state index in [1.807, 2.05) is 67.8 Å². The lowest BCUT2D eigenvalue weighted by Gasteiger charge is -2.35. The third-order valence-corrected chi connectivity index (χ3v) is 16.1. The number of rotatable bonds is 14. The molecular weight excluding hydrogens is 983 g/mol. The lowest BCUT2D eigenvalue weighted by Crippen LogP contribution is -2.57. The van der Waals surface area contributed by atoms with Crippen molar-refractivity contribution in [2.24, 2.45) is 12.5 Å². The van der Waals surface area contributed by atoms with Gasteiger partial charge in [0.15, 0.2) is 5.82 Å². The number of carbonyl (C=O) groups is 5. The van der Waals surface area contributed by atoms with Crippen molar-refractivity contribution in [1.29, 1.82) is 0 Å². The maximum atomic E-state index is 14.8. The fourth-order valence-electron chi connectivity index (χ4n) is 11.1. The van der Waals surface area contributed by atoms with Crippen molar-refractivity contribution < 1.29 is 37.9 Å². The summed E-state index contributed by atoms with van der Waals surface area (Å²) in [6, 6.07) is 9.12. The van der Waals surface area contributed by atoms with Gasteiger partial charge in [0.05, 0.1) is 41.0 Å². The van der Waals surface area contributed by atoms with Crippen LogP contribution in [0.2, 0.25) is 0 Å². The third-order valence-electron chi connectivity index (χ3n) is 15.1. The standard InChI is InChI=1S/C54H68F2N12O6S/c1-32-47(75-31-59-32)34-14-12-33(13-15-34)26-58-51(72)44-24-38(69)29-67(44)52(73)48(54(2,3)4)61-45(70)10-7-11-46(71)64-20-16-37(17-21-64)68-42-18-22-65(53(74)57-5)30-41(42)50(62-68)66-19-8-9-35-23-39(36-27-60-63(6)28-36)40(49(55)56)25-43(35)66/h12-15,23,25,27-28,31,37-38,44,48-49,69H,7-11,16-22,24,26,29-30H2,1-6H3,(H,57,74)(H,58,72)(H,61,70)/t38-,44+,48-/m1/s1. The van der Waals surface area contributed by atoms with E-state index < -0.39 is 41.8 Å². The van der Waals surface area contributed by atoms with E-state index in [1.165, 1.54) is 4.90 Å². The Balaban J connectivity index is 0.808. The number of aliphatic hydroxyl groups excluding tert-OH is 1. The third kappa shape index (κ3) is 11.4. The molecule has 2 fully saturated rings. The van der Waals surface area contributed by atoms with Crippen LogP contribution in [0.5, 0.6) is 0 Å². The monoisotopic (exact) mass is 1050 g/mol. The van der Waals surface area contributed by atoms with Gasteiger partial charge in [0, 0.05) is 113 Å². The molecule has 0 spiro atoms. The van der Waals surface area contributed by atoms with E-state index in [1.54, 1.807) is 59.0 Å². The van der Waals surface area contributed by atoms with Gasteiger partial charge in [-0.25, -0.2) is 18.6 Å². The molecular formula is C54H68F2N12O6S. The Morgan fingerprint density at radius 1 is 0.960 bits per heavy atom. The Kier molecular flexibility index (Phi) is 15.7. The molecule has 400 valence electrons. The number of thiazole rings is 1. The summed E-state index contributed by atoms with van der Waals surface area (Å²) < 4.78 is 33.3. The van der Waals surface area contributed by atoms with E-state index >= 15 is 0 Å².